The standard InChI is InChI=1S/C21H24ClNO6/c1-11(23-20(26)29-21(2,3)4)18(24)28-17-10-16-14(9-15(17)22)12-7-5-6-8-13(12)19(25)27-16/h9-11H,5-8H2,1-4H3,(H,23,26). The van der Waals surface area contributed by atoms with Gasteiger partial charge in [0.25, 0.3) is 0 Å². The molecule has 0 radical (unpaired) electrons. The SMILES string of the molecule is CC(NC(=O)OC(C)(C)C)C(=O)Oc1cc2oc(=O)c3c(c2cc1Cl)CCCC3. The Labute approximate surface area is 173 Å². The Morgan fingerprint density at radius 1 is 1.17 bits per heavy atom. The number of benzene rings is 1. The molecule has 0 aliphatic heterocycles. The summed E-state index contributed by atoms with van der Waals surface area (Å²) >= 11 is 6.32. The molecule has 0 saturated carbocycles. The Morgan fingerprint density at radius 3 is 2.48 bits per heavy atom. The van der Waals surface area contributed by atoms with E-state index < -0.39 is 23.7 Å². The van der Waals surface area contributed by atoms with E-state index in [0.29, 0.717) is 17.6 Å². The minimum Gasteiger partial charge on any atom is -0.444 e. The highest BCUT2D eigenvalue weighted by atomic mass is 35.5. The molecule has 1 aromatic carbocycles. The number of ether oxygens (including phenoxy) is 2. The van der Waals surface area contributed by atoms with Crippen LogP contribution in [0.2, 0.25) is 5.02 Å². The summed E-state index contributed by atoms with van der Waals surface area (Å²) in [5.74, 6) is -0.668. The Hall–Kier alpha value is -2.54. The van der Waals surface area contributed by atoms with Crippen LogP contribution in [0.25, 0.3) is 11.0 Å². The van der Waals surface area contributed by atoms with Gasteiger partial charge in [-0.05, 0) is 65.0 Å². The average molecular weight is 422 g/mol. The normalized spacial score (nSPS) is 14.8. The van der Waals surface area contributed by atoms with Crippen LogP contribution in [0.5, 0.6) is 5.75 Å². The lowest BCUT2D eigenvalue weighted by Crippen LogP contribution is -2.43. The zero-order valence-corrected chi connectivity index (χ0v) is 17.6. The second kappa shape index (κ2) is 8.06. The molecule has 0 spiro atoms. The zero-order chi connectivity index (χ0) is 21.3. The van der Waals surface area contributed by atoms with Crippen LogP contribution in [-0.4, -0.2) is 23.7 Å². The van der Waals surface area contributed by atoms with Gasteiger partial charge >= 0.3 is 17.7 Å². The second-order valence-corrected chi connectivity index (χ2v) is 8.53. The van der Waals surface area contributed by atoms with Crippen LogP contribution in [0.4, 0.5) is 4.79 Å². The van der Waals surface area contributed by atoms with E-state index in [1.165, 1.54) is 13.0 Å². The predicted molar refractivity (Wildman–Crippen MR) is 109 cm³/mol. The fourth-order valence-corrected chi connectivity index (χ4v) is 3.46. The van der Waals surface area contributed by atoms with Gasteiger partial charge in [0.15, 0.2) is 5.75 Å². The van der Waals surface area contributed by atoms with Crippen LogP contribution in [0.1, 0.15) is 51.7 Å². The molecule has 1 aliphatic carbocycles. The molecule has 1 amide bonds. The van der Waals surface area contributed by atoms with Crippen molar-refractivity contribution < 1.29 is 23.5 Å². The molecule has 156 valence electrons. The smallest absolute Gasteiger partial charge is 0.408 e. The molecule has 29 heavy (non-hydrogen) atoms. The highest BCUT2D eigenvalue weighted by molar-refractivity contribution is 6.33. The Balaban J connectivity index is 1.81. The first-order chi connectivity index (χ1) is 13.5. The average Bonchev–Trinajstić information content (AvgIpc) is 2.61. The molecular weight excluding hydrogens is 398 g/mol. The Bertz CT molecular complexity index is 1020. The molecule has 0 fully saturated rings. The molecule has 3 rings (SSSR count). The Kier molecular flexibility index (Phi) is 5.89. The fraction of sp³-hybridized carbons (Fsp3) is 0.476. The predicted octanol–water partition coefficient (Wildman–Crippen LogP) is 4.14. The monoisotopic (exact) mass is 421 g/mol. The molecule has 1 heterocycles. The number of fused-ring (bicyclic) bond motifs is 3. The van der Waals surface area contributed by atoms with E-state index in [4.69, 9.17) is 25.5 Å². The molecule has 8 heteroatoms. The maximum absolute atomic E-state index is 12.4. The summed E-state index contributed by atoms with van der Waals surface area (Å²) in [5, 5.41) is 3.38. The van der Waals surface area contributed by atoms with E-state index in [9.17, 15) is 14.4 Å². The van der Waals surface area contributed by atoms with Gasteiger partial charge in [-0.15, -0.1) is 0 Å². The summed E-state index contributed by atoms with van der Waals surface area (Å²) in [7, 11) is 0. The molecule has 1 unspecified atom stereocenters. The first-order valence-electron chi connectivity index (χ1n) is 9.54. The topological polar surface area (TPSA) is 94.8 Å². The third kappa shape index (κ3) is 4.90. The summed E-state index contributed by atoms with van der Waals surface area (Å²) < 4.78 is 15.9. The van der Waals surface area contributed by atoms with Crippen molar-refractivity contribution in [3.63, 3.8) is 0 Å². The molecule has 1 N–H and O–H groups in total. The van der Waals surface area contributed by atoms with Crippen molar-refractivity contribution in [3.05, 3.63) is 38.7 Å². The van der Waals surface area contributed by atoms with Crippen molar-refractivity contribution in [1.82, 2.24) is 5.32 Å². The van der Waals surface area contributed by atoms with Crippen LogP contribution in [0.15, 0.2) is 21.3 Å². The number of esters is 1. The zero-order valence-electron chi connectivity index (χ0n) is 16.9. The maximum Gasteiger partial charge on any atom is 0.408 e. The Morgan fingerprint density at radius 2 is 1.83 bits per heavy atom. The lowest BCUT2D eigenvalue weighted by Gasteiger charge is -2.21. The first-order valence-corrected chi connectivity index (χ1v) is 9.92. The number of aryl methyl sites for hydroxylation is 1. The number of hydrogen-bond acceptors (Lipinski definition) is 6. The lowest BCUT2D eigenvalue weighted by atomic mass is 9.91. The number of halogens is 1. The lowest BCUT2D eigenvalue weighted by molar-refractivity contribution is -0.136. The van der Waals surface area contributed by atoms with Crippen molar-refractivity contribution in [2.45, 2.75) is 65.0 Å². The number of alkyl carbamates (subject to hydrolysis) is 1. The van der Waals surface area contributed by atoms with E-state index in [1.807, 2.05) is 0 Å². The summed E-state index contributed by atoms with van der Waals surface area (Å²) in [6.07, 6.45) is 2.69. The van der Waals surface area contributed by atoms with Gasteiger partial charge in [0.1, 0.15) is 17.2 Å². The second-order valence-electron chi connectivity index (χ2n) is 8.12. The summed E-state index contributed by atoms with van der Waals surface area (Å²) in [6, 6.07) is 2.12. The van der Waals surface area contributed by atoms with Crippen LogP contribution in [0.3, 0.4) is 0 Å². The molecule has 2 aromatic rings. The van der Waals surface area contributed by atoms with Gasteiger partial charge in [0.05, 0.1) is 5.02 Å². The number of rotatable bonds is 3. The van der Waals surface area contributed by atoms with Gasteiger partial charge in [-0.2, -0.15) is 0 Å². The fourth-order valence-electron chi connectivity index (χ4n) is 3.26. The number of nitrogens with one attached hydrogen (secondary N) is 1. The first kappa shape index (κ1) is 21.2. The minimum absolute atomic E-state index is 0.0564. The molecule has 0 bridgehead atoms. The van der Waals surface area contributed by atoms with Gasteiger partial charge in [0, 0.05) is 17.0 Å². The van der Waals surface area contributed by atoms with Crippen molar-refractivity contribution in [3.8, 4) is 5.75 Å². The molecule has 1 atom stereocenters. The van der Waals surface area contributed by atoms with Crippen LogP contribution < -0.4 is 15.7 Å². The summed E-state index contributed by atoms with van der Waals surface area (Å²) in [4.78, 5) is 36.5. The van der Waals surface area contributed by atoms with Crippen LogP contribution >= 0.6 is 11.6 Å². The molecule has 1 aromatic heterocycles. The van der Waals surface area contributed by atoms with Gasteiger partial charge in [-0.1, -0.05) is 11.6 Å². The van der Waals surface area contributed by atoms with E-state index in [2.05, 4.69) is 5.32 Å². The van der Waals surface area contributed by atoms with Gasteiger partial charge in [0.2, 0.25) is 0 Å². The minimum atomic E-state index is -0.966. The van der Waals surface area contributed by atoms with E-state index in [1.54, 1.807) is 26.8 Å². The van der Waals surface area contributed by atoms with Crippen molar-refractivity contribution in [1.29, 1.82) is 0 Å². The molecule has 1 aliphatic rings. The highest BCUT2D eigenvalue weighted by Crippen LogP contribution is 2.34. The van der Waals surface area contributed by atoms with E-state index in [0.717, 1.165) is 30.2 Å². The van der Waals surface area contributed by atoms with Gasteiger partial charge < -0.3 is 19.2 Å². The number of amides is 1. The van der Waals surface area contributed by atoms with E-state index in [-0.39, 0.29) is 16.4 Å². The third-order valence-corrected chi connectivity index (χ3v) is 4.87. The number of hydrogen-bond donors (Lipinski definition) is 1. The third-order valence-electron chi connectivity index (χ3n) is 4.57. The summed E-state index contributed by atoms with van der Waals surface area (Å²) in [5.41, 5.74) is 0.899. The van der Waals surface area contributed by atoms with Crippen molar-refractivity contribution in [2.75, 3.05) is 0 Å². The van der Waals surface area contributed by atoms with Crippen molar-refractivity contribution in [2.24, 2.45) is 0 Å². The van der Waals surface area contributed by atoms with Gasteiger partial charge in [-0.3, -0.25) is 0 Å². The molecule has 7 nitrogen and oxygen atoms in total. The van der Waals surface area contributed by atoms with Crippen LogP contribution in [-0.2, 0) is 22.4 Å². The largest absolute Gasteiger partial charge is 0.444 e. The maximum atomic E-state index is 12.4. The van der Waals surface area contributed by atoms with Crippen LogP contribution in [0, 0.1) is 0 Å². The van der Waals surface area contributed by atoms with E-state index >= 15 is 0 Å². The number of carbonyl (C=O) groups excluding carboxylic acids is 2. The van der Waals surface area contributed by atoms with Gasteiger partial charge in [-0.25, -0.2) is 14.4 Å². The molecule has 0 saturated heterocycles. The molecular formula is C21H24ClNO6. The number of carbonyl (C=O) groups is 2. The highest BCUT2D eigenvalue weighted by Gasteiger charge is 2.24. The summed E-state index contributed by atoms with van der Waals surface area (Å²) in [6.45, 7) is 6.63. The van der Waals surface area contributed by atoms with Crippen molar-refractivity contribution >= 4 is 34.6 Å². The quantitative estimate of drug-likeness (QED) is 0.454.